The molecule has 0 aromatic heterocycles. The molecule has 0 bridgehead atoms. The Bertz CT molecular complexity index is 436. The van der Waals surface area contributed by atoms with Crippen LogP contribution in [0.5, 0.6) is 0 Å². The van der Waals surface area contributed by atoms with Gasteiger partial charge in [-0.05, 0) is 29.7 Å². The van der Waals surface area contributed by atoms with Crippen LogP contribution in [0.2, 0.25) is 0 Å². The maximum absolute atomic E-state index is 6.38. The molecular formula is C14H12BrCl. The van der Waals surface area contributed by atoms with E-state index < -0.39 is 0 Å². The normalized spacial score (nSPS) is 12.4. The lowest BCUT2D eigenvalue weighted by Gasteiger charge is -2.09. The molecule has 0 radical (unpaired) electrons. The van der Waals surface area contributed by atoms with E-state index in [0.717, 1.165) is 16.5 Å². The second kappa shape index (κ2) is 5.51. The molecule has 2 aromatic rings. The first-order valence-corrected chi connectivity index (χ1v) is 6.42. The van der Waals surface area contributed by atoms with Crippen LogP contribution in [-0.4, -0.2) is 0 Å². The van der Waals surface area contributed by atoms with E-state index in [1.807, 2.05) is 30.3 Å². The Morgan fingerprint density at radius 2 is 1.56 bits per heavy atom. The van der Waals surface area contributed by atoms with Gasteiger partial charge in [-0.25, -0.2) is 0 Å². The Morgan fingerprint density at radius 3 is 2.19 bits per heavy atom. The van der Waals surface area contributed by atoms with E-state index in [-0.39, 0.29) is 5.38 Å². The molecule has 0 aliphatic rings. The Hall–Kier alpha value is -0.790. The lowest BCUT2D eigenvalue weighted by molar-refractivity contribution is 0.919. The molecule has 2 aromatic carbocycles. The highest BCUT2D eigenvalue weighted by atomic mass is 79.9. The zero-order valence-corrected chi connectivity index (χ0v) is 11.1. The van der Waals surface area contributed by atoms with Crippen LogP contribution in [0.25, 0.3) is 0 Å². The SMILES string of the molecule is ClC(Cc1ccccc1)c1ccc(Br)cc1. The Balaban J connectivity index is 2.09. The van der Waals surface area contributed by atoms with Crippen LogP contribution in [0.15, 0.2) is 59.1 Å². The van der Waals surface area contributed by atoms with Gasteiger partial charge in [-0.1, -0.05) is 58.4 Å². The number of rotatable bonds is 3. The Labute approximate surface area is 109 Å². The molecule has 0 aliphatic carbocycles. The highest BCUT2D eigenvalue weighted by Gasteiger charge is 2.08. The van der Waals surface area contributed by atoms with Gasteiger partial charge in [-0.2, -0.15) is 0 Å². The van der Waals surface area contributed by atoms with Crippen molar-refractivity contribution in [2.45, 2.75) is 11.8 Å². The monoisotopic (exact) mass is 294 g/mol. The molecule has 0 N–H and O–H groups in total. The summed E-state index contributed by atoms with van der Waals surface area (Å²) < 4.78 is 1.08. The van der Waals surface area contributed by atoms with Crippen LogP contribution < -0.4 is 0 Å². The van der Waals surface area contributed by atoms with Gasteiger partial charge in [0.1, 0.15) is 0 Å². The minimum absolute atomic E-state index is 0.0375. The molecular weight excluding hydrogens is 284 g/mol. The van der Waals surface area contributed by atoms with E-state index >= 15 is 0 Å². The molecule has 0 nitrogen and oxygen atoms in total. The van der Waals surface area contributed by atoms with Gasteiger partial charge >= 0.3 is 0 Å². The molecule has 0 amide bonds. The first-order valence-electron chi connectivity index (χ1n) is 5.19. The fourth-order valence-electron chi connectivity index (χ4n) is 1.61. The molecule has 0 saturated heterocycles. The largest absolute Gasteiger partial charge is 0.117 e. The summed E-state index contributed by atoms with van der Waals surface area (Å²) in [6, 6.07) is 18.5. The van der Waals surface area contributed by atoms with Gasteiger partial charge in [-0.15, -0.1) is 11.6 Å². The smallest absolute Gasteiger partial charge is 0.0625 e. The summed E-state index contributed by atoms with van der Waals surface area (Å²) in [6.45, 7) is 0. The fraction of sp³-hybridized carbons (Fsp3) is 0.143. The molecule has 16 heavy (non-hydrogen) atoms. The van der Waals surface area contributed by atoms with Crippen LogP contribution in [0, 0.1) is 0 Å². The summed E-state index contributed by atoms with van der Waals surface area (Å²) in [5, 5.41) is 0.0375. The predicted octanol–water partition coefficient (Wildman–Crippen LogP) is 4.97. The average molecular weight is 296 g/mol. The van der Waals surface area contributed by atoms with Crippen molar-refractivity contribution < 1.29 is 0 Å². The predicted molar refractivity (Wildman–Crippen MR) is 72.9 cm³/mol. The van der Waals surface area contributed by atoms with Crippen molar-refractivity contribution in [2.75, 3.05) is 0 Å². The van der Waals surface area contributed by atoms with Gasteiger partial charge in [0.05, 0.1) is 5.38 Å². The number of alkyl halides is 1. The number of benzene rings is 2. The topological polar surface area (TPSA) is 0 Å². The van der Waals surface area contributed by atoms with Crippen LogP contribution in [0.3, 0.4) is 0 Å². The number of halogens is 2. The molecule has 2 heteroatoms. The summed E-state index contributed by atoms with van der Waals surface area (Å²) in [5.41, 5.74) is 2.43. The first kappa shape index (κ1) is 11.7. The van der Waals surface area contributed by atoms with Gasteiger partial charge in [0.15, 0.2) is 0 Å². The van der Waals surface area contributed by atoms with Gasteiger partial charge in [0.25, 0.3) is 0 Å². The maximum Gasteiger partial charge on any atom is 0.0625 e. The summed E-state index contributed by atoms with van der Waals surface area (Å²) in [7, 11) is 0. The first-order chi connectivity index (χ1) is 7.75. The zero-order valence-electron chi connectivity index (χ0n) is 8.74. The average Bonchev–Trinajstić information content (AvgIpc) is 2.31. The van der Waals surface area contributed by atoms with E-state index in [2.05, 4.69) is 40.2 Å². The Morgan fingerprint density at radius 1 is 0.938 bits per heavy atom. The van der Waals surface area contributed by atoms with Crippen molar-refractivity contribution in [1.29, 1.82) is 0 Å². The van der Waals surface area contributed by atoms with Crippen LogP contribution in [-0.2, 0) is 6.42 Å². The van der Waals surface area contributed by atoms with Crippen LogP contribution in [0.1, 0.15) is 16.5 Å². The molecule has 0 spiro atoms. The number of hydrogen-bond acceptors (Lipinski definition) is 0. The van der Waals surface area contributed by atoms with E-state index in [1.54, 1.807) is 0 Å². The second-order valence-corrected chi connectivity index (χ2v) is 5.15. The molecule has 0 saturated carbocycles. The lowest BCUT2D eigenvalue weighted by atomic mass is 10.0. The van der Waals surface area contributed by atoms with Gasteiger partial charge < -0.3 is 0 Å². The van der Waals surface area contributed by atoms with Crippen LogP contribution in [0.4, 0.5) is 0 Å². The molecule has 2 rings (SSSR count). The number of hydrogen-bond donors (Lipinski definition) is 0. The fourth-order valence-corrected chi connectivity index (χ4v) is 2.20. The summed E-state index contributed by atoms with van der Waals surface area (Å²) in [5.74, 6) is 0. The summed E-state index contributed by atoms with van der Waals surface area (Å²) in [4.78, 5) is 0. The highest BCUT2D eigenvalue weighted by molar-refractivity contribution is 9.10. The molecule has 0 aliphatic heterocycles. The molecule has 0 fully saturated rings. The molecule has 82 valence electrons. The van der Waals surface area contributed by atoms with Gasteiger partial charge in [-0.3, -0.25) is 0 Å². The molecule has 1 unspecified atom stereocenters. The molecule has 0 heterocycles. The van der Waals surface area contributed by atoms with Crippen LogP contribution >= 0.6 is 27.5 Å². The summed E-state index contributed by atoms with van der Waals surface area (Å²) in [6.07, 6.45) is 0.865. The van der Waals surface area contributed by atoms with E-state index in [1.165, 1.54) is 5.56 Å². The third-order valence-corrected chi connectivity index (χ3v) is 3.42. The van der Waals surface area contributed by atoms with E-state index in [9.17, 15) is 0 Å². The van der Waals surface area contributed by atoms with Crippen molar-refractivity contribution in [1.82, 2.24) is 0 Å². The van der Waals surface area contributed by atoms with Crippen molar-refractivity contribution in [3.8, 4) is 0 Å². The third-order valence-electron chi connectivity index (χ3n) is 2.49. The van der Waals surface area contributed by atoms with Crippen molar-refractivity contribution in [3.05, 3.63) is 70.2 Å². The van der Waals surface area contributed by atoms with Crippen molar-refractivity contribution in [3.63, 3.8) is 0 Å². The van der Waals surface area contributed by atoms with Gasteiger partial charge in [0.2, 0.25) is 0 Å². The third kappa shape index (κ3) is 3.10. The summed E-state index contributed by atoms with van der Waals surface area (Å²) >= 11 is 9.80. The van der Waals surface area contributed by atoms with Gasteiger partial charge in [0, 0.05) is 4.47 Å². The standard InChI is InChI=1S/C14H12BrCl/c15-13-8-6-12(7-9-13)14(16)10-11-4-2-1-3-5-11/h1-9,14H,10H2. The molecule has 1 atom stereocenters. The minimum Gasteiger partial charge on any atom is -0.117 e. The van der Waals surface area contributed by atoms with Crippen molar-refractivity contribution in [2.24, 2.45) is 0 Å². The second-order valence-electron chi connectivity index (χ2n) is 3.71. The van der Waals surface area contributed by atoms with E-state index in [0.29, 0.717) is 0 Å². The zero-order chi connectivity index (χ0) is 11.4. The minimum atomic E-state index is 0.0375. The van der Waals surface area contributed by atoms with E-state index in [4.69, 9.17) is 11.6 Å². The maximum atomic E-state index is 6.38. The highest BCUT2D eigenvalue weighted by Crippen LogP contribution is 2.26. The Kier molecular flexibility index (Phi) is 4.03. The lowest BCUT2D eigenvalue weighted by Crippen LogP contribution is -1.95. The quantitative estimate of drug-likeness (QED) is 0.701. The van der Waals surface area contributed by atoms with Crippen molar-refractivity contribution >= 4 is 27.5 Å².